The molecule has 110 valence electrons. The van der Waals surface area contributed by atoms with Gasteiger partial charge in [0.2, 0.25) is 5.91 Å². The van der Waals surface area contributed by atoms with Crippen molar-refractivity contribution in [2.24, 2.45) is 5.92 Å². The summed E-state index contributed by atoms with van der Waals surface area (Å²) in [6, 6.07) is 8.06. The summed E-state index contributed by atoms with van der Waals surface area (Å²) < 4.78 is 1.19. The van der Waals surface area contributed by atoms with Gasteiger partial charge in [0.25, 0.3) is 0 Å². The fraction of sp³-hybridized carbons (Fsp3) is 0.375. The number of nitrogens with one attached hydrogen (secondary N) is 1. The Labute approximate surface area is 126 Å². The first-order chi connectivity index (χ1) is 10.1. The highest BCUT2D eigenvalue weighted by Gasteiger charge is 2.30. The van der Waals surface area contributed by atoms with Crippen LogP contribution in [0.2, 0.25) is 0 Å². The van der Waals surface area contributed by atoms with Crippen LogP contribution in [0.3, 0.4) is 0 Å². The minimum absolute atomic E-state index is 0.00324. The molecule has 5 heteroatoms. The SMILES string of the molecule is O=C(Cc1csc2ccccc12)N[C@@H]1CC[C@H](C(=O)O)C1. The molecule has 3 rings (SSSR count). The van der Waals surface area contributed by atoms with Gasteiger partial charge in [-0.05, 0) is 41.7 Å². The van der Waals surface area contributed by atoms with Crippen LogP contribution < -0.4 is 5.32 Å². The van der Waals surface area contributed by atoms with Gasteiger partial charge >= 0.3 is 5.97 Å². The van der Waals surface area contributed by atoms with E-state index in [0.29, 0.717) is 19.3 Å². The van der Waals surface area contributed by atoms with E-state index in [-0.39, 0.29) is 17.9 Å². The predicted molar refractivity (Wildman–Crippen MR) is 82.4 cm³/mol. The highest BCUT2D eigenvalue weighted by atomic mass is 32.1. The number of hydrogen-bond acceptors (Lipinski definition) is 3. The zero-order valence-corrected chi connectivity index (χ0v) is 12.4. The molecular weight excluding hydrogens is 286 g/mol. The first-order valence-corrected chi connectivity index (χ1v) is 7.98. The standard InChI is InChI=1S/C16H17NO3S/c18-15(17-12-6-5-10(7-12)16(19)20)8-11-9-21-14-4-2-1-3-13(11)14/h1-4,9-10,12H,5-8H2,(H,17,18)(H,19,20)/t10-,12+/m0/s1. The Morgan fingerprint density at radius 2 is 2.10 bits per heavy atom. The van der Waals surface area contributed by atoms with Crippen LogP contribution in [0.1, 0.15) is 24.8 Å². The van der Waals surface area contributed by atoms with Gasteiger partial charge in [0, 0.05) is 10.7 Å². The Balaban J connectivity index is 1.61. The Morgan fingerprint density at radius 1 is 1.29 bits per heavy atom. The highest BCUT2D eigenvalue weighted by Crippen LogP contribution is 2.27. The third-order valence-corrected chi connectivity index (χ3v) is 5.07. The van der Waals surface area contributed by atoms with Crippen LogP contribution in [0, 0.1) is 5.92 Å². The maximum absolute atomic E-state index is 12.1. The first-order valence-electron chi connectivity index (χ1n) is 7.11. The molecule has 1 saturated carbocycles. The largest absolute Gasteiger partial charge is 0.481 e. The van der Waals surface area contributed by atoms with E-state index in [0.717, 1.165) is 17.4 Å². The number of aliphatic carboxylic acids is 1. The average Bonchev–Trinajstić information content (AvgIpc) is 3.07. The molecule has 0 aliphatic heterocycles. The number of hydrogen-bond donors (Lipinski definition) is 2. The maximum atomic E-state index is 12.1. The maximum Gasteiger partial charge on any atom is 0.306 e. The number of carboxylic acids is 1. The fourth-order valence-corrected chi connectivity index (χ4v) is 3.92. The number of carbonyl (C=O) groups is 2. The lowest BCUT2D eigenvalue weighted by molar-refractivity contribution is -0.141. The van der Waals surface area contributed by atoms with Gasteiger partial charge in [-0.25, -0.2) is 0 Å². The number of carbonyl (C=O) groups excluding carboxylic acids is 1. The van der Waals surface area contributed by atoms with E-state index in [4.69, 9.17) is 5.11 Å². The number of benzene rings is 1. The van der Waals surface area contributed by atoms with E-state index >= 15 is 0 Å². The third-order valence-electron chi connectivity index (χ3n) is 4.06. The van der Waals surface area contributed by atoms with Gasteiger partial charge in [-0.1, -0.05) is 18.2 Å². The molecule has 0 unspecified atom stereocenters. The summed E-state index contributed by atoms with van der Waals surface area (Å²) in [5, 5.41) is 15.1. The Bertz CT molecular complexity index is 679. The molecule has 1 heterocycles. The van der Waals surface area contributed by atoms with Crippen LogP contribution in [-0.4, -0.2) is 23.0 Å². The van der Waals surface area contributed by atoms with Crippen molar-refractivity contribution in [3.8, 4) is 0 Å². The van der Waals surface area contributed by atoms with E-state index in [1.807, 2.05) is 23.6 Å². The van der Waals surface area contributed by atoms with Gasteiger partial charge in [-0.2, -0.15) is 0 Å². The van der Waals surface area contributed by atoms with Crippen molar-refractivity contribution in [1.29, 1.82) is 0 Å². The Morgan fingerprint density at radius 3 is 2.86 bits per heavy atom. The number of carboxylic acid groups (broad SMARTS) is 1. The molecule has 0 spiro atoms. The normalized spacial score (nSPS) is 21.5. The molecule has 1 aliphatic carbocycles. The van der Waals surface area contributed by atoms with Crippen molar-refractivity contribution in [3.05, 3.63) is 35.2 Å². The minimum Gasteiger partial charge on any atom is -0.481 e. The summed E-state index contributed by atoms with van der Waals surface area (Å²) in [6.07, 6.45) is 2.32. The second-order valence-electron chi connectivity index (χ2n) is 5.55. The van der Waals surface area contributed by atoms with Gasteiger partial charge in [-0.15, -0.1) is 11.3 Å². The molecule has 4 nitrogen and oxygen atoms in total. The molecular formula is C16H17NO3S. The molecule has 0 saturated heterocycles. The molecule has 1 amide bonds. The van der Waals surface area contributed by atoms with E-state index in [1.165, 1.54) is 4.70 Å². The van der Waals surface area contributed by atoms with Crippen molar-refractivity contribution in [2.45, 2.75) is 31.7 Å². The minimum atomic E-state index is -0.754. The highest BCUT2D eigenvalue weighted by molar-refractivity contribution is 7.17. The van der Waals surface area contributed by atoms with Crippen molar-refractivity contribution >= 4 is 33.3 Å². The summed E-state index contributed by atoms with van der Waals surface area (Å²) >= 11 is 1.65. The van der Waals surface area contributed by atoms with E-state index in [2.05, 4.69) is 11.4 Å². The molecule has 2 N–H and O–H groups in total. The van der Waals surface area contributed by atoms with E-state index in [9.17, 15) is 9.59 Å². The zero-order chi connectivity index (χ0) is 14.8. The van der Waals surface area contributed by atoms with E-state index in [1.54, 1.807) is 11.3 Å². The van der Waals surface area contributed by atoms with Crippen LogP contribution in [0.5, 0.6) is 0 Å². The summed E-state index contributed by atoms with van der Waals surface area (Å²) in [5.41, 5.74) is 1.04. The molecule has 1 aromatic carbocycles. The average molecular weight is 303 g/mol. The van der Waals surface area contributed by atoms with Crippen LogP contribution in [0.4, 0.5) is 0 Å². The van der Waals surface area contributed by atoms with Gasteiger partial charge < -0.3 is 10.4 Å². The van der Waals surface area contributed by atoms with Gasteiger partial charge in [-0.3, -0.25) is 9.59 Å². The molecule has 1 aliphatic rings. The molecule has 1 fully saturated rings. The number of amides is 1. The lowest BCUT2D eigenvalue weighted by atomic mass is 10.1. The van der Waals surface area contributed by atoms with Crippen molar-refractivity contribution < 1.29 is 14.7 Å². The molecule has 1 aromatic heterocycles. The van der Waals surface area contributed by atoms with Crippen molar-refractivity contribution in [2.75, 3.05) is 0 Å². The molecule has 2 atom stereocenters. The summed E-state index contributed by atoms with van der Waals surface area (Å²) in [6.45, 7) is 0. The predicted octanol–water partition coefficient (Wildman–Crippen LogP) is 2.81. The van der Waals surface area contributed by atoms with Gasteiger partial charge in [0.15, 0.2) is 0 Å². The molecule has 0 radical (unpaired) electrons. The quantitative estimate of drug-likeness (QED) is 0.912. The Hall–Kier alpha value is -1.88. The van der Waals surface area contributed by atoms with Crippen LogP contribution in [0.25, 0.3) is 10.1 Å². The molecule has 2 aromatic rings. The lowest BCUT2D eigenvalue weighted by Crippen LogP contribution is -2.34. The topological polar surface area (TPSA) is 66.4 Å². The second kappa shape index (κ2) is 5.85. The lowest BCUT2D eigenvalue weighted by Gasteiger charge is -2.12. The molecule has 21 heavy (non-hydrogen) atoms. The summed E-state index contributed by atoms with van der Waals surface area (Å²) in [4.78, 5) is 23.1. The first kappa shape index (κ1) is 14.1. The zero-order valence-electron chi connectivity index (χ0n) is 11.5. The fourth-order valence-electron chi connectivity index (χ4n) is 2.96. The van der Waals surface area contributed by atoms with Crippen LogP contribution >= 0.6 is 11.3 Å². The Kier molecular flexibility index (Phi) is 3.92. The van der Waals surface area contributed by atoms with Gasteiger partial charge in [0.05, 0.1) is 12.3 Å². The van der Waals surface area contributed by atoms with Crippen LogP contribution in [-0.2, 0) is 16.0 Å². The number of fused-ring (bicyclic) bond motifs is 1. The van der Waals surface area contributed by atoms with Crippen LogP contribution in [0.15, 0.2) is 29.6 Å². The smallest absolute Gasteiger partial charge is 0.306 e. The number of thiophene rings is 1. The third kappa shape index (κ3) is 3.08. The van der Waals surface area contributed by atoms with Gasteiger partial charge in [0.1, 0.15) is 0 Å². The molecule has 0 bridgehead atoms. The monoisotopic (exact) mass is 303 g/mol. The second-order valence-corrected chi connectivity index (χ2v) is 6.46. The van der Waals surface area contributed by atoms with Crippen molar-refractivity contribution in [1.82, 2.24) is 5.32 Å². The van der Waals surface area contributed by atoms with E-state index < -0.39 is 5.97 Å². The summed E-state index contributed by atoms with van der Waals surface area (Å²) in [5.74, 6) is -1.08. The van der Waals surface area contributed by atoms with Crippen molar-refractivity contribution in [3.63, 3.8) is 0 Å². The number of rotatable bonds is 4. The summed E-state index contributed by atoms with van der Waals surface area (Å²) in [7, 11) is 0.